The van der Waals surface area contributed by atoms with E-state index in [0.717, 1.165) is 29.8 Å². The molecule has 1 aliphatic heterocycles. The van der Waals surface area contributed by atoms with Crippen LogP contribution in [0.3, 0.4) is 0 Å². The van der Waals surface area contributed by atoms with Gasteiger partial charge in [0, 0.05) is 31.6 Å². The van der Waals surface area contributed by atoms with Gasteiger partial charge in [0.25, 0.3) is 0 Å². The maximum Gasteiger partial charge on any atom is 0.405 e. The molecule has 1 radical (unpaired) electrons. The van der Waals surface area contributed by atoms with Gasteiger partial charge in [-0.05, 0) is 41.1 Å². The van der Waals surface area contributed by atoms with E-state index in [-0.39, 0.29) is 27.1 Å². The first-order chi connectivity index (χ1) is 16.3. The van der Waals surface area contributed by atoms with E-state index in [4.69, 9.17) is 4.74 Å². The number of nitrogens with one attached hydrogen (secondary N) is 1. The highest BCUT2D eigenvalue weighted by Gasteiger charge is 2.29. The van der Waals surface area contributed by atoms with Crippen LogP contribution >= 0.6 is 0 Å². The van der Waals surface area contributed by atoms with E-state index in [2.05, 4.69) is 0 Å². The van der Waals surface area contributed by atoms with Crippen molar-refractivity contribution in [3.05, 3.63) is 86.9 Å². The number of anilines is 1. The summed E-state index contributed by atoms with van der Waals surface area (Å²) in [5.74, 6) is -1.84. The summed E-state index contributed by atoms with van der Waals surface area (Å²) in [6.45, 7) is 0.282. The van der Waals surface area contributed by atoms with Gasteiger partial charge in [0.15, 0.2) is 0 Å². The van der Waals surface area contributed by atoms with Crippen molar-refractivity contribution in [1.29, 1.82) is 0 Å². The maximum absolute atomic E-state index is 14.9. The fraction of sp³-hybridized carbons (Fsp3) is 0.208. The van der Waals surface area contributed by atoms with Crippen LogP contribution in [0, 0.1) is 23.4 Å². The predicted molar refractivity (Wildman–Crippen MR) is 115 cm³/mol. The first-order valence-electron chi connectivity index (χ1n) is 10.2. The van der Waals surface area contributed by atoms with Gasteiger partial charge >= 0.3 is 12.4 Å². The minimum absolute atomic E-state index is 0.0152. The summed E-state index contributed by atoms with van der Waals surface area (Å²) >= 11 is 0. The first kappa shape index (κ1) is 24.9. The number of aryl methyl sites for hydroxylation is 1. The largest absolute Gasteiger partial charge is 0.456 e. The van der Waals surface area contributed by atoms with Gasteiger partial charge in [-0.15, -0.1) is 0 Å². The summed E-state index contributed by atoms with van der Waals surface area (Å²) < 4.78 is 111. The van der Waals surface area contributed by atoms with E-state index in [9.17, 15) is 35.1 Å². The van der Waals surface area contributed by atoms with Gasteiger partial charge in [0.1, 0.15) is 29.7 Å². The molecule has 1 aliphatic rings. The Balaban J connectivity index is 1.96. The Kier molecular flexibility index (Phi) is 6.47. The Morgan fingerprint density at radius 2 is 1.54 bits per heavy atom. The fourth-order valence-corrected chi connectivity index (χ4v) is 4.60. The number of hydrogen-bond acceptors (Lipinski definition) is 2. The Labute approximate surface area is 196 Å². The van der Waals surface area contributed by atoms with Crippen molar-refractivity contribution in [3.63, 3.8) is 0 Å². The average molecular weight is 514 g/mol. The number of alkyl halides is 6. The van der Waals surface area contributed by atoms with Crippen molar-refractivity contribution in [1.82, 2.24) is 0 Å². The molecule has 0 atom stereocenters. The smallest absolute Gasteiger partial charge is 0.405 e. The third kappa shape index (κ3) is 5.55. The molecule has 1 heterocycles. The van der Waals surface area contributed by atoms with Gasteiger partial charge in [0.05, 0.1) is 11.7 Å². The molecule has 0 aliphatic carbocycles. The van der Waals surface area contributed by atoms with Gasteiger partial charge in [-0.25, -0.2) is 8.78 Å². The molecule has 0 spiro atoms. The summed E-state index contributed by atoms with van der Waals surface area (Å²) in [6, 6.07) is 9.97. The number of fused-ring (bicyclic) bond motifs is 2. The Bertz CT molecular complexity index is 1410. The van der Waals surface area contributed by atoms with Gasteiger partial charge in [-0.3, -0.25) is 0 Å². The molecule has 0 amide bonds. The van der Waals surface area contributed by atoms with Crippen LogP contribution in [-0.2, 0) is 0 Å². The van der Waals surface area contributed by atoms with Crippen LogP contribution in [0.5, 0.6) is 11.5 Å². The van der Waals surface area contributed by atoms with Crippen LogP contribution in [-0.4, -0.2) is 28.0 Å². The molecule has 1 N–H and O–H groups in total. The molecular formula is C24H16F8NOSi. The molecule has 0 aromatic heterocycles. The molecule has 3 aromatic rings. The molecular weight excluding hydrogens is 498 g/mol. The second-order valence-corrected chi connectivity index (χ2v) is 9.13. The highest BCUT2D eigenvalue weighted by atomic mass is 28.2. The molecule has 0 bridgehead atoms. The molecule has 2 nitrogen and oxygen atoms in total. The zero-order valence-corrected chi connectivity index (χ0v) is 19.0. The van der Waals surface area contributed by atoms with Crippen LogP contribution in [0.15, 0.2) is 48.5 Å². The number of halogens is 8. The third-order valence-electron chi connectivity index (χ3n) is 5.27. The maximum atomic E-state index is 14.9. The van der Waals surface area contributed by atoms with E-state index in [0.29, 0.717) is 11.1 Å². The van der Waals surface area contributed by atoms with Crippen LogP contribution in [0.25, 0.3) is 5.57 Å². The second-order valence-electron chi connectivity index (χ2n) is 7.89. The Hall–Kier alpha value is -3.21. The van der Waals surface area contributed by atoms with Crippen LogP contribution < -0.4 is 15.3 Å². The van der Waals surface area contributed by atoms with Gasteiger partial charge in [-0.1, -0.05) is 24.3 Å². The Morgan fingerprint density at radius 3 is 2.20 bits per heavy atom. The quantitative estimate of drug-likeness (QED) is 0.247. The highest BCUT2D eigenvalue weighted by Crippen LogP contribution is 2.40. The number of ether oxygens (including phenoxy) is 1. The number of rotatable bonds is 4. The minimum atomic E-state index is -4.60. The van der Waals surface area contributed by atoms with Crippen molar-refractivity contribution in [2.45, 2.75) is 25.3 Å². The number of hydrogen-bond donors (Lipinski definition) is 1. The zero-order chi connectivity index (χ0) is 25.5. The standard InChI is InChI=1S/C24H16F8NOSi/c1-12-4-2-3-5-13(12)22-14-6-16(25)18(33-10-23(27,28)29)8-19(14)34-20-9-21(17(26)7-15(20)22)35-11-24(30,31)32/h2-9,33H,10-11H2,1H3. The molecule has 11 heteroatoms. The number of benzene rings is 3. The van der Waals surface area contributed by atoms with Gasteiger partial charge in [-0.2, -0.15) is 26.3 Å². The van der Waals surface area contributed by atoms with E-state index >= 15 is 0 Å². The van der Waals surface area contributed by atoms with Crippen molar-refractivity contribution in [2.24, 2.45) is 0 Å². The van der Waals surface area contributed by atoms with Crippen LogP contribution in [0.2, 0.25) is 6.04 Å². The lowest BCUT2D eigenvalue weighted by molar-refractivity contribution is -0.115. The molecule has 0 unspecified atom stereocenters. The van der Waals surface area contributed by atoms with Crippen molar-refractivity contribution >= 4 is 20.4 Å². The Morgan fingerprint density at radius 1 is 0.829 bits per heavy atom. The third-order valence-corrected chi connectivity index (χ3v) is 6.61. The minimum Gasteiger partial charge on any atom is -0.456 e. The van der Waals surface area contributed by atoms with Crippen LogP contribution in [0.4, 0.5) is 40.8 Å². The lowest BCUT2D eigenvalue weighted by Crippen LogP contribution is -2.22. The SMILES string of the molecule is Cc1ccccc1C1=c2cc(F)/c(=[Si]\CC(F)(F)F)cc2Oc2cc(NCC(F)(F)F)c(F)cc21. The summed E-state index contributed by atoms with van der Waals surface area (Å²) in [5, 5.41) is 2.17. The molecule has 0 fully saturated rings. The van der Waals surface area contributed by atoms with E-state index < -0.39 is 51.4 Å². The molecule has 0 saturated heterocycles. The predicted octanol–water partition coefficient (Wildman–Crippen LogP) is 6.54. The molecule has 0 saturated carbocycles. The van der Waals surface area contributed by atoms with Crippen molar-refractivity contribution < 1.29 is 39.9 Å². The average Bonchev–Trinajstić information content (AvgIpc) is 2.75. The van der Waals surface area contributed by atoms with Gasteiger partial charge in [0.2, 0.25) is 0 Å². The lowest BCUT2D eigenvalue weighted by atomic mass is 9.90. The highest BCUT2D eigenvalue weighted by molar-refractivity contribution is 6.27. The van der Waals surface area contributed by atoms with E-state index in [1.165, 1.54) is 0 Å². The summed E-state index contributed by atoms with van der Waals surface area (Å²) in [6.07, 6.45) is -9.08. The van der Waals surface area contributed by atoms with E-state index in [1.807, 2.05) is 5.32 Å². The normalized spacial score (nSPS) is 13.9. The zero-order valence-electron chi connectivity index (χ0n) is 18.0. The molecule has 183 valence electrons. The lowest BCUT2D eigenvalue weighted by Gasteiger charge is -2.23. The summed E-state index contributed by atoms with van der Waals surface area (Å²) in [7, 11) is -0.912. The van der Waals surface area contributed by atoms with Crippen molar-refractivity contribution in [2.75, 3.05) is 11.9 Å². The monoisotopic (exact) mass is 514 g/mol. The molecule has 3 aromatic carbocycles. The topological polar surface area (TPSA) is 21.3 Å². The fourth-order valence-electron chi connectivity index (χ4n) is 3.74. The first-order valence-corrected chi connectivity index (χ1v) is 11.4. The molecule has 4 rings (SSSR count). The van der Waals surface area contributed by atoms with E-state index in [1.54, 1.807) is 31.2 Å². The van der Waals surface area contributed by atoms with Gasteiger partial charge < -0.3 is 10.1 Å². The second kappa shape index (κ2) is 9.10. The van der Waals surface area contributed by atoms with Crippen molar-refractivity contribution in [3.8, 4) is 11.5 Å². The molecule has 35 heavy (non-hydrogen) atoms. The van der Waals surface area contributed by atoms with Crippen LogP contribution in [0.1, 0.15) is 16.7 Å². The summed E-state index contributed by atoms with van der Waals surface area (Å²) in [5.41, 5.74) is 1.38. The summed E-state index contributed by atoms with van der Waals surface area (Å²) in [4.78, 5) is -0.203.